The summed E-state index contributed by atoms with van der Waals surface area (Å²) in [5.74, 6) is 1.28. The van der Waals surface area contributed by atoms with Crippen molar-refractivity contribution in [2.45, 2.75) is 57.3 Å². The van der Waals surface area contributed by atoms with Gasteiger partial charge in [-0.15, -0.1) is 10.2 Å². The zero-order chi connectivity index (χ0) is 28.2. The molecule has 0 amide bonds. The minimum Gasteiger partial charge on any atom is -0.361 e. The molecule has 0 spiro atoms. The minimum absolute atomic E-state index is 0.375. The van der Waals surface area contributed by atoms with Gasteiger partial charge in [0, 0.05) is 33.0 Å². The summed E-state index contributed by atoms with van der Waals surface area (Å²) >= 11 is 1.66. The summed E-state index contributed by atoms with van der Waals surface area (Å²) in [5, 5.41) is 18.8. The zero-order valence-electron chi connectivity index (χ0n) is 23.7. The highest BCUT2D eigenvalue weighted by Crippen LogP contribution is 2.38. The lowest BCUT2D eigenvalue weighted by molar-refractivity contribution is 0.153. The second-order valence-electron chi connectivity index (χ2n) is 11.6. The molecule has 1 fully saturated rings. The van der Waals surface area contributed by atoms with Crippen LogP contribution < -0.4 is 10.2 Å². The third-order valence-electron chi connectivity index (χ3n) is 7.16. The lowest BCUT2D eigenvalue weighted by Gasteiger charge is -2.22. The fraction of sp³-hybridized carbons (Fsp3) is 0.379. The molecule has 1 N–H and O–H groups in total. The highest BCUT2D eigenvalue weighted by Gasteiger charge is 2.24. The highest BCUT2D eigenvalue weighted by molar-refractivity contribution is 7.15. The largest absolute Gasteiger partial charge is 0.361 e. The van der Waals surface area contributed by atoms with E-state index >= 15 is 0 Å². The van der Waals surface area contributed by atoms with E-state index < -0.39 is 8.07 Å². The van der Waals surface area contributed by atoms with Gasteiger partial charge in [-0.1, -0.05) is 43.8 Å². The number of pyridine rings is 3. The van der Waals surface area contributed by atoms with E-state index in [0.29, 0.717) is 12.6 Å². The normalized spacial score (nSPS) is 14.1. The smallest absolute Gasteiger partial charge is 0.215 e. The summed E-state index contributed by atoms with van der Waals surface area (Å²) < 4.78 is 7.96. The van der Waals surface area contributed by atoms with Crippen LogP contribution >= 0.6 is 11.3 Å². The predicted molar refractivity (Wildman–Crippen MR) is 166 cm³/mol. The first kappa shape index (κ1) is 27.4. The van der Waals surface area contributed by atoms with Crippen LogP contribution in [0.2, 0.25) is 25.7 Å². The van der Waals surface area contributed by atoms with Gasteiger partial charge in [0.1, 0.15) is 17.6 Å². The van der Waals surface area contributed by atoms with Gasteiger partial charge in [0.2, 0.25) is 5.13 Å². The van der Waals surface area contributed by atoms with E-state index in [9.17, 15) is 0 Å². The summed E-state index contributed by atoms with van der Waals surface area (Å²) in [6, 6.07) is 11.0. The summed E-state index contributed by atoms with van der Waals surface area (Å²) in [4.78, 5) is 16.1. The van der Waals surface area contributed by atoms with Gasteiger partial charge < -0.3 is 10.1 Å². The van der Waals surface area contributed by atoms with Crippen LogP contribution in [0.3, 0.4) is 0 Å². The van der Waals surface area contributed by atoms with Crippen molar-refractivity contribution in [2.75, 3.05) is 23.6 Å². The Kier molecular flexibility index (Phi) is 8.03. The van der Waals surface area contributed by atoms with Crippen molar-refractivity contribution in [2.24, 2.45) is 0 Å². The molecule has 6 rings (SSSR count). The molecule has 1 aliphatic rings. The number of aromatic nitrogens is 7. The Hall–Kier alpha value is -3.74. The molecule has 10 nitrogen and oxygen atoms in total. The molecule has 1 saturated carbocycles. The fourth-order valence-corrected chi connectivity index (χ4v) is 6.62. The Morgan fingerprint density at radius 3 is 2.71 bits per heavy atom. The second-order valence-corrected chi connectivity index (χ2v) is 18.2. The quantitative estimate of drug-likeness (QED) is 0.100. The zero-order valence-corrected chi connectivity index (χ0v) is 25.5. The molecule has 5 heterocycles. The van der Waals surface area contributed by atoms with E-state index in [1.54, 1.807) is 40.8 Å². The van der Waals surface area contributed by atoms with Gasteiger partial charge in [0.15, 0.2) is 0 Å². The van der Waals surface area contributed by atoms with E-state index in [1.807, 2.05) is 41.4 Å². The van der Waals surface area contributed by atoms with Crippen LogP contribution in [0.5, 0.6) is 0 Å². The molecular formula is C29H35N9OSSi. The van der Waals surface area contributed by atoms with E-state index in [-0.39, 0.29) is 0 Å². The van der Waals surface area contributed by atoms with E-state index in [4.69, 9.17) is 9.72 Å². The Balaban J connectivity index is 1.26. The van der Waals surface area contributed by atoms with Crippen LogP contribution in [-0.2, 0) is 4.74 Å². The van der Waals surface area contributed by atoms with Gasteiger partial charge in [0.25, 0.3) is 0 Å². The van der Waals surface area contributed by atoms with Gasteiger partial charge in [0.05, 0.1) is 46.7 Å². The van der Waals surface area contributed by atoms with Crippen LogP contribution in [-0.4, -0.2) is 56.3 Å². The van der Waals surface area contributed by atoms with Gasteiger partial charge in [-0.25, -0.2) is 9.67 Å². The number of fused-ring (bicyclic) bond motifs is 1. The molecular weight excluding hydrogens is 551 g/mol. The number of hydrogen-bond acceptors (Lipinski definition) is 10. The average molecular weight is 586 g/mol. The highest BCUT2D eigenvalue weighted by atomic mass is 32.1. The van der Waals surface area contributed by atoms with Gasteiger partial charge in [-0.2, -0.15) is 5.10 Å². The summed E-state index contributed by atoms with van der Waals surface area (Å²) in [6.45, 7) is 8.18. The third kappa shape index (κ3) is 6.77. The molecule has 0 aliphatic heterocycles. The molecule has 5 aromatic heterocycles. The standard InChI is InChI=1S/C29H35N9OSSi/c1-41(2,3)14-13-39-20-37(29-36-35-28(40-29)21-7-4-5-8-21)27-10-9-25-26(34-27)16-23(18-31-25)33-22-15-24(19-30-17-22)38-12-6-11-32-38/h6,9-12,15-19,21,33H,4-5,7-8,13-14,20H2,1-3H3. The number of nitrogens with zero attached hydrogens (tertiary/aromatic N) is 8. The Labute approximate surface area is 244 Å². The van der Waals surface area contributed by atoms with E-state index in [0.717, 1.165) is 56.7 Å². The van der Waals surface area contributed by atoms with Crippen LogP contribution in [0.25, 0.3) is 16.7 Å². The molecule has 212 valence electrons. The Bertz CT molecular complexity index is 1600. The van der Waals surface area contributed by atoms with Crippen LogP contribution in [0.1, 0.15) is 36.6 Å². The molecule has 5 aromatic rings. The van der Waals surface area contributed by atoms with E-state index in [1.165, 1.54) is 25.7 Å². The topological polar surface area (TPSA) is 107 Å². The maximum atomic E-state index is 6.19. The summed E-state index contributed by atoms with van der Waals surface area (Å²) in [7, 11) is -1.20. The van der Waals surface area contributed by atoms with Crippen molar-refractivity contribution >= 4 is 52.8 Å². The number of hydrogen-bond donors (Lipinski definition) is 1. The molecule has 0 unspecified atom stereocenters. The Morgan fingerprint density at radius 1 is 1.05 bits per heavy atom. The van der Waals surface area contributed by atoms with Crippen molar-refractivity contribution in [1.29, 1.82) is 0 Å². The van der Waals surface area contributed by atoms with Gasteiger partial charge in [-0.3, -0.25) is 14.9 Å². The van der Waals surface area contributed by atoms with E-state index in [2.05, 4.69) is 50.2 Å². The van der Waals surface area contributed by atoms with Crippen LogP contribution in [0.15, 0.2) is 61.3 Å². The van der Waals surface area contributed by atoms with Crippen LogP contribution in [0.4, 0.5) is 22.3 Å². The molecule has 0 radical (unpaired) electrons. The molecule has 41 heavy (non-hydrogen) atoms. The second kappa shape index (κ2) is 12.0. The molecule has 12 heteroatoms. The first-order valence-electron chi connectivity index (χ1n) is 14.1. The maximum absolute atomic E-state index is 6.19. The average Bonchev–Trinajstić information content (AvgIpc) is 3.75. The van der Waals surface area contributed by atoms with Crippen molar-refractivity contribution in [3.63, 3.8) is 0 Å². The summed E-state index contributed by atoms with van der Waals surface area (Å²) in [5.41, 5.74) is 4.11. The number of anilines is 4. The van der Waals surface area contributed by atoms with Crippen molar-refractivity contribution in [3.8, 4) is 5.69 Å². The molecule has 1 aliphatic carbocycles. The third-order valence-corrected chi connectivity index (χ3v) is 9.98. The lowest BCUT2D eigenvalue weighted by atomic mass is 10.1. The fourth-order valence-electron chi connectivity index (χ4n) is 4.85. The number of rotatable bonds is 11. The van der Waals surface area contributed by atoms with Crippen LogP contribution in [0, 0.1) is 0 Å². The number of nitrogens with one attached hydrogen (secondary N) is 1. The number of ether oxygens (including phenoxy) is 1. The monoisotopic (exact) mass is 585 g/mol. The first-order valence-corrected chi connectivity index (χ1v) is 18.6. The van der Waals surface area contributed by atoms with Crippen molar-refractivity contribution in [3.05, 3.63) is 66.3 Å². The van der Waals surface area contributed by atoms with Crippen molar-refractivity contribution in [1.82, 2.24) is 34.9 Å². The SMILES string of the molecule is C[Si](C)(C)CCOCN(c1ccc2ncc(Nc3cncc(-n4cccn4)c3)cc2n1)c1nnc(C2CCCC2)s1. The first-order chi connectivity index (χ1) is 19.9. The Morgan fingerprint density at radius 2 is 1.90 bits per heavy atom. The van der Waals surface area contributed by atoms with Gasteiger partial charge >= 0.3 is 0 Å². The lowest BCUT2D eigenvalue weighted by Crippen LogP contribution is -2.26. The van der Waals surface area contributed by atoms with Gasteiger partial charge in [-0.05, 0) is 49.2 Å². The molecule has 0 bridgehead atoms. The van der Waals surface area contributed by atoms with Crippen molar-refractivity contribution < 1.29 is 4.74 Å². The maximum Gasteiger partial charge on any atom is 0.215 e. The molecule has 0 atom stereocenters. The predicted octanol–water partition coefficient (Wildman–Crippen LogP) is 6.91. The summed E-state index contributed by atoms with van der Waals surface area (Å²) in [6.07, 6.45) is 13.9. The molecule has 0 aromatic carbocycles. The molecule has 0 saturated heterocycles. The minimum atomic E-state index is -1.20.